The molecular formula is C29H25FN2O7. The predicted molar refractivity (Wildman–Crippen MR) is 138 cm³/mol. The Hall–Kier alpha value is -4.73. The number of pyridine rings is 2. The fraction of sp³-hybridized carbons (Fsp3) is 0.241. The number of carbonyl (C=O) groups excluding carboxylic acids is 2. The van der Waals surface area contributed by atoms with Gasteiger partial charge in [0.25, 0.3) is 5.56 Å². The lowest BCUT2D eigenvalue weighted by atomic mass is 10.0. The summed E-state index contributed by atoms with van der Waals surface area (Å²) in [5.74, 6) is -1.74. The molecule has 3 heterocycles. The summed E-state index contributed by atoms with van der Waals surface area (Å²) in [7, 11) is 1.22. The van der Waals surface area contributed by atoms with Gasteiger partial charge in [0, 0.05) is 18.2 Å². The van der Waals surface area contributed by atoms with Crippen molar-refractivity contribution in [1.29, 1.82) is 0 Å². The number of benzene rings is 2. The zero-order chi connectivity index (χ0) is 27.5. The molecule has 2 aromatic heterocycles. The lowest BCUT2D eigenvalue weighted by molar-refractivity contribution is -0.149. The minimum absolute atomic E-state index is 0.0387. The lowest BCUT2D eigenvalue weighted by Crippen LogP contribution is -2.42. The van der Waals surface area contributed by atoms with Gasteiger partial charge in [-0.3, -0.25) is 14.3 Å². The van der Waals surface area contributed by atoms with E-state index < -0.39 is 23.6 Å². The zero-order valence-corrected chi connectivity index (χ0v) is 21.3. The van der Waals surface area contributed by atoms with Gasteiger partial charge in [0.2, 0.25) is 6.10 Å². The van der Waals surface area contributed by atoms with Crippen LogP contribution in [-0.4, -0.2) is 41.3 Å². The fourth-order valence-electron chi connectivity index (χ4n) is 4.50. The molecule has 2 aromatic carbocycles. The van der Waals surface area contributed by atoms with Gasteiger partial charge in [0.15, 0.2) is 17.1 Å². The van der Waals surface area contributed by atoms with Crippen LogP contribution in [0.5, 0.6) is 11.5 Å². The summed E-state index contributed by atoms with van der Waals surface area (Å²) < 4.78 is 37.0. The predicted octanol–water partition coefficient (Wildman–Crippen LogP) is 3.82. The van der Waals surface area contributed by atoms with Gasteiger partial charge in [-0.2, -0.15) is 0 Å². The number of halogens is 1. The summed E-state index contributed by atoms with van der Waals surface area (Å²) >= 11 is 0. The zero-order valence-electron chi connectivity index (χ0n) is 21.3. The Morgan fingerprint density at radius 3 is 2.54 bits per heavy atom. The highest BCUT2D eigenvalue weighted by Gasteiger charge is 2.36. The van der Waals surface area contributed by atoms with Gasteiger partial charge >= 0.3 is 11.9 Å². The number of hydrogen-bond donors (Lipinski definition) is 0. The smallest absolute Gasteiger partial charge is 0.348 e. The van der Waals surface area contributed by atoms with Crippen molar-refractivity contribution < 1.29 is 32.9 Å². The van der Waals surface area contributed by atoms with E-state index in [0.29, 0.717) is 5.56 Å². The third kappa shape index (κ3) is 5.05. The first kappa shape index (κ1) is 25.9. The first-order valence-electron chi connectivity index (χ1n) is 12.3. The van der Waals surface area contributed by atoms with Crippen LogP contribution in [-0.2, 0) is 33.8 Å². The molecule has 0 fully saturated rings. The summed E-state index contributed by atoms with van der Waals surface area (Å²) in [5.41, 5.74) is 1.57. The Balaban J connectivity index is 1.72. The topological polar surface area (TPSA) is 106 Å². The van der Waals surface area contributed by atoms with Crippen LogP contribution in [0.15, 0.2) is 65.6 Å². The van der Waals surface area contributed by atoms with Crippen LogP contribution in [0.3, 0.4) is 0 Å². The van der Waals surface area contributed by atoms with Crippen molar-refractivity contribution in [2.45, 2.75) is 32.6 Å². The van der Waals surface area contributed by atoms with E-state index in [-0.39, 0.29) is 60.1 Å². The van der Waals surface area contributed by atoms with E-state index in [1.165, 1.54) is 30.0 Å². The molecule has 0 saturated heterocycles. The Morgan fingerprint density at radius 2 is 1.85 bits per heavy atom. The van der Waals surface area contributed by atoms with Crippen molar-refractivity contribution in [2.24, 2.45) is 0 Å². The molecule has 1 unspecified atom stereocenters. The van der Waals surface area contributed by atoms with Gasteiger partial charge in [-0.05, 0) is 30.2 Å². The molecule has 5 rings (SSSR count). The molecule has 0 amide bonds. The van der Waals surface area contributed by atoms with E-state index in [1.807, 2.05) is 30.3 Å². The van der Waals surface area contributed by atoms with Crippen LogP contribution in [0, 0.1) is 5.82 Å². The number of carbonyl (C=O) groups is 2. The number of methoxy groups -OCH3 is 1. The second-order valence-corrected chi connectivity index (χ2v) is 8.86. The summed E-state index contributed by atoms with van der Waals surface area (Å²) in [6.07, 6.45) is 0.657. The largest absolute Gasteiger partial charge is 0.485 e. The highest BCUT2D eigenvalue weighted by Crippen LogP contribution is 2.38. The quantitative estimate of drug-likeness (QED) is 0.316. The van der Waals surface area contributed by atoms with Crippen molar-refractivity contribution in [2.75, 3.05) is 13.7 Å². The normalized spacial score (nSPS) is 14.0. The van der Waals surface area contributed by atoms with Crippen molar-refractivity contribution in [3.63, 3.8) is 0 Å². The van der Waals surface area contributed by atoms with Crippen molar-refractivity contribution in [3.05, 3.63) is 99.2 Å². The number of nitrogens with zero attached hydrogens (tertiary/aromatic N) is 2. The molecule has 4 aromatic rings. The van der Waals surface area contributed by atoms with Crippen LogP contribution < -0.4 is 15.0 Å². The van der Waals surface area contributed by atoms with Crippen LogP contribution >= 0.6 is 0 Å². The molecule has 200 valence electrons. The molecular weight excluding hydrogens is 507 g/mol. The van der Waals surface area contributed by atoms with E-state index in [4.69, 9.17) is 18.9 Å². The summed E-state index contributed by atoms with van der Waals surface area (Å²) in [4.78, 5) is 43.9. The van der Waals surface area contributed by atoms with Crippen molar-refractivity contribution in [1.82, 2.24) is 9.55 Å². The number of aromatic nitrogens is 2. The minimum Gasteiger partial charge on any atom is -0.485 e. The maximum Gasteiger partial charge on any atom is 0.348 e. The number of ether oxygens (including phenoxy) is 4. The Kier molecular flexibility index (Phi) is 7.27. The molecule has 9 nitrogen and oxygen atoms in total. The first-order valence-corrected chi connectivity index (χ1v) is 12.3. The van der Waals surface area contributed by atoms with Gasteiger partial charge in [-0.15, -0.1) is 0 Å². The monoisotopic (exact) mass is 532 g/mol. The molecule has 39 heavy (non-hydrogen) atoms. The molecule has 0 aliphatic carbocycles. The molecule has 1 aliphatic heterocycles. The van der Waals surface area contributed by atoms with Gasteiger partial charge in [0.1, 0.15) is 23.5 Å². The summed E-state index contributed by atoms with van der Waals surface area (Å²) in [6.45, 7) is 1.52. The molecule has 0 radical (unpaired) electrons. The van der Waals surface area contributed by atoms with Crippen LogP contribution in [0.4, 0.5) is 4.39 Å². The molecule has 0 saturated carbocycles. The fourth-order valence-corrected chi connectivity index (χ4v) is 4.50. The van der Waals surface area contributed by atoms with Crippen LogP contribution in [0.2, 0.25) is 0 Å². The average Bonchev–Trinajstić information content (AvgIpc) is 2.95. The summed E-state index contributed by atoms with van der Waals surface area (Å²) in [5, 5.41) is 0. The SMILES string of the molecule is CCOC(=O)c1c(OCc2ccccc2)c2ncc(Cc3ccc(F)cc3)c3c2n(c1=O)CC(C(=O)OC)O3. The maximum absolute atomic E-state index is 13.8. The van der Waals surface area contributed by atoms with E-state index in [1.54, 1.807) is 19.1 Å². The third-order valence-electron chi connectivity index (χ3n) is 6.34. The number of esters is 2. The Bertz CT molecular complexity index is 1600. The van der Waals surface area contributed by atoms with E-state index in [0.717, 1.165) is 11.1 Å². The maximum atomic E-state index is 13.8. The molecule has 0 spiro atoms. The standard InChI is InChI=1S/C29H25FN2O7/c1-3-37-29(35)22-26(38-16-18-7-5-4-6-8-18)23-24-25(39-21(28(34)36-2)15-32(24)27(22)33)19(14-31-23)13-17-9-11-20(30)12-10-17/h4-12,14,21H,3,13,15-16H2,1-2H3. The molecule has 0 N–H and O–H groups in total. The second kappa shape index (κ2) is 10.9. The van der Waals surface area contributed by atoms with Gasteiger partial charge in [0.05, 0.1) is 20.3 Å². The van der Waals surface area contributed by atoms with Crippen LogP contribution in [0.1, 0.15) is 34.0 Å². The van der Waals surface area contributed by atoms with Crippen LogP contribution in [0.25, 0.3) is 11.0 Å². The number of hydrogen-bond acceptors (Lipinski definition) is 8. The molecule has 1 atom stereocenters. The summed E-state index contributed by atoms with van der Waals surface area (Å²) in [6, 6.07) is 15.2. The minimum atomic E-state index is -1.15. The van der Waals surface area contributed by atoms with Gasteiger partial charge in [-0.25, -0.2) is 14.0 Å². The molecule has 0 bridgehead atoms. The van der Waals surface area contributed by atoms with E-state index in [2.05, 4.69) is 4.98 Å². The van der Waals surface area contributed by atoms with E-state index >= 15 is 0 Å². The molecule has 1 aliphatic rings. The molecule has 10 heteroatoms. The van der Waals surface area contributed by atoms with E-state index in [9.17, 15) is 18.8 Å². The average molecular weight is 533 g/mol. The Labute approximate surface area is 222 Å². The number of rotatable bonds is 8. The van der Waals surface area contributed by atoms with Gasteiger partial charge in [-0.1, -0.05) is 42.5 Å². The highest BCUT2D eigenvalue weighted by atomic mass is 19.1. The van der Waals surface area contributed by atoms with Crippen molar-refractivity contribution >= 4 is 23.0 Å². The third-order valence-corrected chi connectivity index (χ3v) is 6.34. The highest BCUT2D eigenvalue weighted by molar-refractivity contribution is 6.00. The Morgan fingerprint density at radius 1 is 1.10 bits per heavy atom. The van der Waals surface area contributed by atoms with Crippen molar-refractivity contribution in [3.8, 4) is 11.5 Å². The lowest BCUT2D eigenvalue weighted by Gasteiger charge is -2.28. The second-order valence-electron chi connectivity index (χ2n) is 8.86. The first-order chi connectivity index (χ1) is 18.9. The van der Waals surface area contributed by atoms with Gasteiger partial charge < -0.3 is 18.9 Å².